The number of rotatable bonds is 3. The molecular weight excluding hydrogens is 196 g/mol. The zero-order chi connectivity index (χ0) is 11.5. The first-order valence-corrected chi connectivity index (χ1v) is 7.16. The minimum absolute atomic E-state index is 0.756. The second-order valence-corrected chi connectivity index (χ2v) is 5.99. The van der Waals surface area contributed by atoms with Gasteiger partial charge in [0.1, 0.15) is 0 Å². The van der Waals surface area contributed by atoms with Crippen LogP contribution >= 0.6 is 0 Å². The predicted octanol–water partition coefficient (Wildman–Crippen LogP) is 2.62. The van der Waals surface area contributed by atoms with Crippen LogP contribution in [0.25, 0.3) is 0 Å². The molecule has 2 saturated carbocycles. The Bertz CT molecular complexity index is 217. The lowest BCUT2D eigenvalue weighted by Crippen LogP contribution is -2.48. The topological polar surface area (TPSA) is 29.3 Å². The highest BCUT2D eigenvalue weighted by molar-refractivity contribution is 4.89. The molecule has 0 spiro atoms. The van der Waals surface area contributed by atoms with Crippen LogP contribution in [0.15, 0.2) is 0 Å². The predicted molar refractivity (Wildman–Crippen MR) is 69.4 cm³/mol. The molecule has 16 heavy (non-hydrogen) atoms. The minimum atomic E-state index is 0.756. The number of hydrogen-bond acceptors (Lipinski definition) is 2. The maximum absolute atomic E-state index is 5.94. The Labute approximate surface area is 101 Å². The number of hydrogen-bond donors (Lipinski definition) is 1. The third kappa shape index (κ3) is 2.43. The van der Waals surface area contributed by atoms with Gasteiger partial charge in [0.2, 0.25) is 0 Å². The van der Waals surface area contributed by atoms with E-state index in [-0.39, 0.29) is 0 Å². The Hall–Kier alpha value is -0.0800. The summed E-state index contributed by atoms with van der Waals surface area (Å²) in [6, 6.07) is 1.60. The van der Waals surface area contributed by atoms with E-state index in [1.54, 1.807) is 0 Å². The van der Waals surface area contributed by atoms with Crippen molar-refractivity contribution in [3.8, 4) is 0 Å². The average Bonchev–Trinajstić information content (AvgIpc) is 2.74. The summed E-state index contributed by atoms with van der Waals surface area (Å²) in [6.07, 6.45) is 9.80. The normalized spacial score (nSPS) is 40.5. The van der Waals surface area contributed by atoms with Gasteiger partial charge in [-0.3, -0.25) is 4.90 Å². The van der Waals surface area contributed by atoms with Crippen LogP contribution in [0.3, 0.4) is 0 Å². The number of nitrogens with two attached hydrogens (primary N) is 1. The smallest absolute Gasteiger partial charge is 0.0135 e. The van der Waals surface area contributed by atoms with E-state index in [1.165, 1.54) is 44.9 Å². The molecule has 0 aromatic carbocycles. The Morgan fingerprint density at radius 1 is 1.00 bits per heavy atom. The summed E-state index contributed by atoms with van der Waals surface area (Å²) < 4.78 is 0. The fourth-order valence-corrected chi connectivity index (χ4v) is 3.98. The zero-order valence-electron chi connectivity index (χ0n) is 11.0. The van der Waals surface area contributed by atoms with E-state index in [1.807, 2.05) is 0 Å². The first kappa shape index (κ1) is 12.4. The Morgan fingerprint density at radius 3 is 2.31 bits per heavy atom. The van der Waals surface area contributed by atoms with E-state index >= 15 is 0 Å². The monoisotopic (exact) mass is 224 g/mol. The molecule has 4 unspecified atom stereocenters. The molecule has 4 atom stereocenters. The molecule has 2 heteroatoms. The summed E-state index contributed by atoms with van der Waals surface area (Å²) >= 11 is 0. The SMILES string of the molecule is CC1CCCC1N(C)C1CCCCC1CN. The summed E-state index contributed by atoms with van der Waals surface area (Å²) in [5.74, 6) is 1.65. The summed E-state index contributed by atoms with van der Waals surface area (Å²) in [5, 5.41) is 0. The summed E-state index contributed by atoms with van der Waals surface area (Å²) in [7, 11) is 2.35. The molecule has 0 saturated heterocycles. The van der Waals surface area contributed by atoms with Gasteiger partial charge in [-0.1, -0.05) is 26.2 Å². The molecule has 0 aliphatic heterocycles. The van der Waals surface area contributed by atoms with E-state index in [2.05, 4.69) is 18.9 Å². The van der Waals surface area contributed by atoms with Gasteiger partial charge in [-0.15, -0.1) is 0 Å². The van der Waals surface area contributed by atoms with Crippen molar-refractivity contribution in [1.82, 2.24) is 4.90 Å². The molecule has 94 valence electrons. The summed E-state index contributed by atoms with van der Waals surface area (Å²) in [5.41, 5.74) is 5.94. The Kier molecular flexibility index (Phi) is 4.26. The lowest BCUT2D eigenvalue weighted by atomic mass is 9.82. The molecule has 0 bridgehead atoms. The van der Waals surface area contributed by atoms with E-state index in [9.17, 15) is 0 Å². The van der Waals surface area contributed by atoms with Crippen LogP contribution in [-0.2, 0) is 0 Å². The molecule has 2 aliphatic rings. The second-order valence-electron chi connectivity index (χ2n) is 5.99. The van der Waals surface area contributed by atoms with Crippen molar-refractivity contribution < 1.29 is 0 Å². The third-order valence-electron chi connectivity index (χ3n) is 5.03. The molecule has 0 amide bonds. The van der Waals surface area contributed by atoms with Gasteiger partial charge >= 0.3 is 0 Å². The fourth-order valence-electron chi connectivity index (χ4n) is 3.98. The largest absolute Gasteiger partial charge is 0.330 e. The lowest BCUT2D eigenvalue weighted by molar-refractivity contribution is 0.0775. The van der Waals surface area contributed by atoms with Crippen molar-refractivity contribution in [2.24, 2.45) is 17.6 Å². The molecular formula is C14H28N2. The van der Waals surface area contributed by atoms with Crippen molar-refractivity contribution in [1.29, 1.82) is 0 Å². The van der Waals surface area contributed by atoms with Crippen molar-refractivity contribution in [2.75, 3.05) is 13.6 Å². The van der Waals surface area contributed by atoms with Gasteiger partial charge in [0, 0.05) is 12.1 Å². The van der Waals surface area contributed by atoms with Crippen LogP contribution in [0.4, 0.5) is 0 Å². The van der Waals surface area contributed by atoms with Gasteiger partial charge in [0.25, 0.3) is 0 Å². The molecule has 0 heterocycles. The van der Waals surface area contributed by atoms with E-state index in [0.717, 1.165) is 30.5 Å². The van der Waals surface area contributed by atoms with Crippen LogP contribution in [0, 0.1) is 11.8 Å². The van der Waals surface area contributed by atoms with E-state index in [4.69, 9.17) is 5.73 Å². The van der Waals surface area contributed by atoms with Crippen molar-refractivity contribution in [2.45, 2.75) is 64.0 Å². The van der Waals surface area contributed by atoms with Crippen LogP contribution in [0.1, 0.15) is 51.9 Å². The van der Waals surface area contributed by atoms with Crippen molar-refractivity contribution in [3.05, 3.63) is 0 Å². The molecule has 2 aliphatic carbocycles. The van der Waals surface area contributed by atoms with Gasteiger partial charge in [-0.2, -0.15) is 0 Å². The second kappa shape index (κ2) is 5.50. The first-order chi connectivity index (χ1) is 7.74. The van der Waals surface area contributed by atoms with Crippen LogP contribution in [0.5, 0.6) is 0 Å². The summed E-state index contributed by atoms with van der Waals surface area (Å²) in [6.45, 7) is 3.31. The average molecular weight is 224 g/mol. The Morgan fingerprint density at radius 2 is 1.69 bits per heavy atom. The van der Waals surface area contributed by atoms with Gasteiger partial charge in [0.05, 0.1) is 0 Å². The maximum atomic E-state index is 5.94. The van der Waals surface area contributed by atoms with E-state index in [0.29, 0.717) is 0 Å². The van der Waals surface area contributed by atoms with Gasteiger partial charge in [-0.05, 0) is 51.1 Å². The fraction of sp³-hybridized carbons (Fsp3) is 1.00. The molecule has 0 aromatic heterocycles. The van der Waals surface area contributed by atoms with Gasteiger partial charge in [0.15, 0.2) is 0 Å². The Balaban J connectivity index is 1.98. The number of nitrogens with zero attached hydrogens (tertiary/aromatic N) is 1. The molecule has 0 radical (unpaired) electrons. The quantitative estimate of drug-likeness (QED) is 0.798. The highest BCUT2D eigenvalue weighted by Crippen LogP contribution is 2.35. The van der Waals surface area contributed by atoms with Crippen LogP contribution in [0.2, 0.25) is 0 Å². The van der Waals surface area contributed by atoms with Gasteiger partial charge < -0.3 is 5.73 Å². The summed E-state index contributed by atoms with van der Waals surface area (Å²) in [4.78, 5) is 2.69. The van der Waals surface area contributed by atoms with E-state index < -0.39 is 0 Å². The van der Waals surface area contributed by atoms with Crippen molar-refractivity contribution >= 4 is 0 Å². The van der Waals surface area contributed by atoms with Crippen LogP contribution < -0.4 is 5.73 Å². The minimum Gasteiger partial charge on any atom is -0.330 e. The molecule has 2 rings (SSSR count). The first-order valence-electron chi connectivity index (χ1n) is 7.16. The molecule has 2 N–H and O–H groups in total. The molecule has 2 nitrogen and oxygen atoms in total. The third-order valence-corrected chi connectivity index (χ3v) is 5.03. The van der Waals surface area contributed by atoms with Crippen LogP contribution in [-0.4, -0.2) is 30.6 Å². The maximum Gasteiger partial charge on any atom is 0.0135 e. The lowest BCUT2D eigenvalue weighted by Gasteiger charge is -2.42. The zero-order valence-corrected chi connectivity index (χ0v) is 11.0. The highest BCUT2D eigenvalue weighted by Gasteiger charge is 2.34. The molecule has 0 aromatic rings. The molecule has 2 fully saturated rings. The van der Waals surface area contributed by atoms with Crippen molar-refractivity contribution in [3.63, 3.8) is 0 Å². The standard InChI is InChI=1S/C14H28N2/c1-11-6-5-9-13(11)16(2)14-8-4-3-7-12(14)10-15/h11-14H,3-10,15H2,1-2H3. The van der Waals surface area contributed by atoms with Gasteiger partial charge in [-0.25, -0.2) is 0 Å². The highest BCUT2D eigenvalue weighted by atomic mass is 15.2.